The highest BCUT2D eigenvalue weighted by molar-refractivity contribution is 5.52. The van der Waals surface area contributed by atoms with Crippen LogP contribution in [0.4, 0.5) is 0 Å². The van der Waals surface area contributed by atoms with Crippen molar-refractivity contribution in [2.75, 3.05) is 0 Å². The zero-order chi connectivity index (χ0) is 24.5. The zero-order valence-electron chi connectivity index (χ0n) is 22.9. The number of hydrogen-bond donors (Lipinski definition) is 0. The van der Waals surface area contributed by atoms with Crippen molar-refractivity contribution < 1.29 is 4.74 Å². The number of benzene rings is 2. The predicted octanol–water partition coefficient (Wildman–Crippen LogP) is 9.32. The minimum absolute atomic E-state index is 0.0842. The molecule has 2 aromatic rings. The second-order valence-corrected chi connectivity index (χ2v) is 13.3. The Kier molecular flexibility index (Phi) is 7.65. The van der Waals surface area contributed by atoms with E-state index in [1.54, 1.807) is 0 Å². The Balaban J connectivity index is 2.88. The van der Waals surface area contributed by atoms with Crippen LogP contribution in [0.25, 0.3) is 0 Å². The summed E-state index contributed by atoms with van der Waals surface area (Å²) >= 11 is 0. The van der Waals surface area contributed by atoms with Crippen molar-refractivity contribution >= 4 is 0 Å². The first-order valence-corrected chi connectivity index (χ1v) is 12.4. The molecule has 1 unspecified atom stereocenters. The summed E-state index contributed by atoms with van der Waals surface area (Å²) in [4.78, 5) is 0. The van der Waals surface area contributed by atoms with Crippen LogP contribution >= 0.6 is 0 Å². The van der Waals surface area contributed by atoms with E-state index in [2.05, 4.69) is 126 Å². The Morgan fingerprint density at radius 1 is 0.750 bits per heavy atom. The Morgan fingerprint density at radius 2 is 1.31 bits per heavy atom. The Bertz CT molecular complexity index is 883. The first kappa shape index (κ1) is 26.5. The summed E-state index contributed by atoms with van der Waals surface area (Å²) in [6, 6.07) is 15.8. The van der Waals surface area contributed by atoms with Crippen molar-refractivity contribution in [3.63, 3.8) is 0 Å². The summed E-state index contributed by atoms with van der Waals surface area (Å²) in [5.41, 5.74) is 5.43. The van der Waals surface area contributed by atoms with Gasteiger partial charge < -0.3 is 4.74 Å². The SMILES string of the molecule is CCC(c1cc(C(C)(C)c2ccccc2)cc(CC(C)(C)C)c1OC(C)(C)C)C(C)(C)C. The normalized spacial score (nSPS) is 14.4. The van der Waals surface area contributed by atoms with Gasteiger partial charge in [0.1, 0.15) is 11.4 Å². The fourth-order valence-corrected chi connectivity index (χ4v) is 4.79. The number of ether oxygens (including phenoxy) is 1. The molecule has 0 saturated carbocycles. The van der Waals surface area contributed by atoms with Gasteiger partial charge in [-0.05, 0) is 72.6 Å². The largest absolute Gasteiger partial charge is 0.488 e. The molecule has 0 N–H and O–H groups in total. The summed E-state index contributed by atoms with van der Waals surface area (Å²) in [7, 11) is 0. The fourth-order valence-electron chi connectivity index (χ4n) is 4.79. The van der Waals surface area contributed by atoms with Crippen molar-refractivity contribution in [2.45, 2.75) is 113 Å². The Labute approximate surface area is 199 Å². The van der Waals surface area contributed by atoms with E-state index in [0.717, 1.165) is 18.6 Å². The molecule has 0 aliphatic carbocycles. The predicted molar refractivity (Wildman–Crippen MR) is 141 cm³/mol. The van der Waals surface area contributed by atoms with E-state index >= 15 is 0 Å². The van der Waals surface area contributed by atoms with E-state index in [0.29, 0.717) is 5.92 Å². The van der Waals surface area contributed by atoms with Crippen LogP contribution in [0.3, 0.4) is 0 Å². The van der Waals surface area contributed by atoms with E-state index in [9.17, 15) is 0 Å². The van der Waals surface area contributed by atoms with Crippen LogP contribution in [0.2, 0.25) is 0 Å². The third-order valence-electron chi connectivity index (χ3n) is 6.37. The molecule has 2 aromatic carbocycles. The molecule has 32 heavy (non-hydrogen) atoms. The Hall–Kier alpha value is -1.76. The molecule has 0 aliphatic rings. The summed E-state index contributed by atoms with van der Waals surface area (Å²) in [5, 5.41) is 0. The molecule has 2 rings (SSSR count). The van der Waals surface area contributed by atoms with Gasteiger partial charge in [0.25, 0.3) is 0 Å². The molecular weight excluding hydrogens is 388 g/mol. The van der Waals surface area contributed by atoms with E-state index in [1.807, 2.05) is 0 Å². The lowest BCUT2D eigenvalue weighted by Crippen LogP contribution is -2.28. The van der Waals surface area contributed by atoms with Gasteiger partial charge in [0.2, 0.25) is 0 Å². The molecule has 0 saturated heterocycles. The molecule has 1 atom stereocenters. The molecule has 1 heteroatoms. The van der Waals surface area contributed by atoms with E-state index in [-0.39, 0.29) is 21.8 Å². The second kappa shape index (κ2) is 9.24. The second-order valence-electron chi connectivity index (χ2n) is 13.3. The topological polar surface area (TPSA) is 9.23 Å². The quantitative estimate of drug-likeness (QED) is 0.438. The average Bonchev–Trinajstić information content (AvgIpc) is 2.61. The van der Waals surface area contributed by atoms with Crippen molar-refractivity contribution in [1.29, 1.82) is 0 Å². The van der Waals surface area contributed by atoms with Gasteiger partial charge in [-0.1, -0.05) is 105 Å². The summed E-state index contributed by atoms with van der Waals surface area (Å²) in [5.74, 6) is 1.53. The third kappa shape index (κ3) is 6.63. The summed E-state index contributed by atoms with van der Waals surface area (Å²) in [6.45, 7) is 27.6. The minimum atomic E-state index is -0.242. The van der Waals surface area contributed by atoms with Crippen molar-refractivity contribution in [1.82, 2.24) is 0 Å². The van der Waals surface area contributed by atoms with Gasteiger partial charge in [-0.2, -0.15) is 0 Å². The maximum Gasteiger partial charge on any atom is 0.126 e. The van der Waals surface area contributed by atoms with E-state index in [4.69, 9.17) is 4.74 Å². The smallest absolute Gasteiger partial charge is 0.126 e. The van der Waals surface area contributed by atoms with Crippen LogP contribution in [-0.2, 0) is 11.8 Å². The first-order chi connectivity index (χ1) is 14.5. The first-order valence-electron chi connectivity index (χ1n) is 12.4. The summed E-state index contributed by atoms with van der Waals surface area (Å²) in [6.07, 6.45) is 2.08. The molecule has 0 fully saturated rings. The van der Waals surface area contributed by atoms with E-state index < -0.39 is 0 Å². The molecule has 0 heterocycles. The fraction of sp³-hybridized carbons (Fsp3) is 0.613. The summed E-state index contributed by atoms with van der Waals surface area (Å²) < 4.78 is 6.76. The van der Waals surface area contributed by atoms with Gasteiger partial charge in [0, 0.05) is 5.41 Å². The highest BCUT2D eigenvalue weighted by Crippen LogP contribution is 2.47. The lowest BCUT2D eigenvalue weighted by molar-refractivity contribution is 0.124. The van der Waals surface area contributed by atoms with Gasteiger partial charge in [-0.25, -0.2) is 0 Å². The van der Waals surface area contributed by atoms with Crippen molar-refractivity contribution in [2.24, 2.45) is 10.8 Å². The van der Waals surface area contributed by atoms with Gasteiger partial charge in [-0.15, -0.1) is 0 Å². The van der Waals surface area contributed by atoms with Crippen LogP contribution < -0.4 is 4.74 Å². The maximum atomic E-state index is 6.76. The molecule has 0 aromatic heterocycles. The van der Waals surface area contributed by atoms with Crippen LogP contribution in [-0.4, -0.2) is 5.60 Å². The highest BCUT2D eigenvalue weighted by Gasteiger charge is 2.34. The van der Waals surface area contributed by atoms with Gasteiger partial charge >= 0.3 is 0 Å². The minimum Gasteiger partial charge on any atom is -0.488 e. The van der Waals surface area contributed by atoms with E-state index in [1.165, 1.54) is 22.3 Å². The molecule has 0 bridgehead atoms. The molecular formula is C31H48O. The number of rotatable bonds is 6. The van der Waals surface area contributed by atoms with Gasteiger partial charge in [0.15, 0.2) is 0 Å². The molecule has 1 nitrogen and oxygen atoms in total. The monoisotopic (exact) mass is 436 g/mol. The van der Waals surface area contributed by atoms with Crippen LogP contribution in [0.1, 0.15) is 118 Å². The highest BCUT2D eigenvalue weighted by atomic mass is 16.5. The van der Waals surface area contributed by atoms with Crippen LogP contribution in [0.15, 0.2) is 42.5 Å². The molecule has 0 spiro atoms. The zero-order valence-corrected chi connectivity index (χ0v) is 22.9. The molecule has 0 aliphatic heterocycles. The standard InChI is InChI=1S/C31H48O/c1-13-26(29(5,6)7)25-20-24(31(11,12)23-17-15-14-16-18-23)19-22(21-28(2,3)4)27(25)32-30(8,9)10/h14-20,26H,13,21H2,1-12H3. The van der Waals surface area contributed by atoms with Crippen LogP contribution in [0, 0.1) is 10.8 Å². The van der Waals surface area contributed by atoms with Gasteiger partial charge in [-0.3, -0.25) is 0 Å². The lowest BCUT2D eigenvalue weighted by atomic mass is 9.70. The lowest BCUT2D eigenvalue weighted by Gasteiger charge is -2.37. The van der Waals surface area contributed by atoms with Crippen LogP contribution in [0.5, 0.6) is 5.75 Å². The number of hydrogen-bond acceptors (Lipinski definition) is 1. The molecule has 0 amide bonds. The Morgan fingerprint density at radius 3 is 1.75 bits per heavy atom. The van der Waals surface area contributed by atoms with Crippen molar-refractivity contribution in [3.8, 4) is 5.75 Å². The maximum absolute atomic E-state index is 6.76. The van der Waals surface area contributed by atoms with Gasteiger partial charge in [0.05, 0.1) is 0 Å². The molecule has 178 valence electrons. The molecule has 0 radical (unpaired) electrons. The van der Waals surface area contributed by atoms with Crippen molar-refractivity contribution in [3.05, 3.63) is 64.7 Å². The average molecular weight is 437 g/mol. The third-order valence-corrected chi connectivity index (χ3v) is 6.37.